The number of nitrogens with two attached hydrogens (primary N) is 1. The number of carbonyl (C=O) groups excluding carboxylic acids is 1. The molecule has 0 radical (unpaired) electrons. The molecule has 0 aliphatic rings. The van der Waals surface area contributed by atoms with Crippen LogP contribution in [0.2, 0.25) is 0 Å². The highest BCUT2D eigenvalue weighted by Gasteiger charge is 2.16. The van der Waals surface area contributed by atoms with E-state index in [1.807, 2.05) is 13.8 Å². The summed E-state index contributed by atoms with van der Waals surface area (Å²) in [6, 6.07) is 5.79. The van der Waals surface area contributed by atoms with Crippen molar-refractivity contribution in [3.05, 3.63) is 35.6 Å². The van der Waals surface area contributed by atoms with Crippen LogP contribution in [0.25, 0.3) is 0 Å². The second-order valence-corrected chi connectivity index (χ2v) is 4.08. The smallest absolute Gasteiger partial charge is 0.237 e. The molecule has 1 atom stereocenters. The van der Waals surface area contributed by atoms with Gasteiger partial charge >= 0.3 is 0 Å². The lowest BCUT2D eigenvalue weighted by Crippen LogP contribution is -2.43. The van der Waals surface area contributed by atoms with Gasteiger partial charge in [0.15, 0.2) is 0 Å². The Balaban J connectivity index is 2.52. The van der Waals surface area contributed by atoms with Gasteiger partial charge in [0.25, 0.3) is 0 Å². The lowest BCUT2D eigenvalue weighted by molar-refractivity contribution is -0.123. The van der Waals surface area contributed by atoms with Gasteiger partial charge in [0.2, 0.25) is 5.91 Å². The van der Waals surface area contributed by atoms with E-state index in [-0.39, 0.29) is 24.2 Å². The van der Waals surface area contributed by atoms with Crippen LogP contribution in [0.15, 0.2) is 24.3 Å². The molecule has 3 N–H and O–H groups in total. The summed E-state index contributed by atoms with van der Waals surface area (Å²) in [4.78, 5) is 11.5. The van der Waals surface area contributed by atoms with Crippen LogP contribution in [0.3, 0.4) is 0 Å². The zero-order valence-electron chi connectivity index (χ0n) is 9.53. The van der Waals surface area contributed by atoms with Gasteiger partial charge in [0.1, 0.15) is 5.82 Å². The number of carbonyl (C=O) groups is 1. The van der Waals surface area contributed by atoms with E-state index in [9.17, 15) is 9.18 Å². The highest BCUT2D eigenvalue weighted by atomic mass is 19.1. The fourth-order valence-corrected chi connectivity index (χ4v) is 1.24. The summed E-state index contributed by atoms with van der Waals surface area (Å²) in [6.07, 6.45) is 0. The molecule has 0 fully saturated rings. The fourth-order valence-electron chi connectivity index (χ4n) is 1.24. The minimum Gasteiger partial charge on any atom is -0.351 e. The zero-order chi connectivity index (χ0) is 12.1. The molecule has 4 heteroatoms. The van der Waals surface area contributed by atoms with Crippen molar-refractivity contribution in [1.29, 1.82) is 0 Å². The summed E-state index contributed by atoms with van der Waals surface area (Å²) in [5, 5.41) is 2.62. The van der Waals surface area contributed by atoms with Crippen molar-refractivity contribution in [2.45, 2.75) is 26.4 Å². The first-order valence-electron chi connectivity index (χ1n) is 5.29. The first-order chi connectivity index (χ1) is 7.52. The summed E-state index contributed by atoms with van der Waals surface area (Å²) < 4.78 is 13.2. The minimum absolute atomic E-state index is 0.0700. The molecule has 0 spiro atoms. The van der Waals surface area contributed by atoms with E-state index >= 15 is 0 Å². The second-order valence-electron chi connectivity index (χ2n) is 4.08. The summed E-state index contributed by atoms with van der Waals surface area (Å²) in [5.74, 6) is -0.500. The number of hydrogen-bond donors (Lipinski definition) is 2. The summed E-state index contributed by atoms with van der Waals surface area (Å²) in [6.45, 7) is 3.91. The Morgan fingerprint density at radius 3 is 2.62 bits per heavy atom. The molecule has 0 unspecified atom stereocenters. The molecule has 1 rings (SSSR count). The Morgan fingerprint density at radius 1 is 1.44 bits per heavy atom. The topological polar surface area (TPSA) is 55.1 Å². The third-order valence-corrected chi connectivity index (χ3v) is 2.43. The van der Waals surface area contributed by atoms with Gasteiger partial charge in [-0.2, -0.15) is 0 Å². The molecule has 0 aliphatic carbocycles. The molecule has 3 nitrogen and oxygen atoms in total. The zero-order valence-corrected chi connectivity index (χ0v) is 9.53. The van der Waals surface area contributed by atoms with Crippen LogP contribution >= 0.6 is 0 Å². The summed E-state index contributed by atoms with van der Waals surface area (Å²) >= 11 is 0. The first-order valence-corrected chi connectivity index (χ1v) is 5.29. The number of hydrogen-bond acceptors (Lipinski definition) is 2. The van der Waals surface area contributed by atoms with Crippen LogP contribution in [0.4, 0.5) is 4.39 Å². The Bertz CT molecular complexity index is 366. The highest BCUT2D eigenvalue weighted by molar-refractivity contribution is 5.81. The van der Waals surface area contributed by atoms with Gasteiger partial charge in [-0.3, -0.25) is 4.79 Å². The van der Waals surface area contributed by atoms with Crippen molar-refractivity contribution in [2.75, 3.05) is 0 Å². The van der Waals surface area contributed by atoms with Crippen LogP contribution in [0.1, 0.15) is 19.4 Å². The predicted octanol–water partition coefficient (Wildman–Crippen LogP) is 1.43. The molecule has 0 aliphatic heterocycles. The summed E-state index contributed by atoms with van der Waals surface area (Å²) in [7, 11) is 0. The molecule has 1 aromatic rings. The Kier molecular flexibility index (Phi) is 4.43. The van der Waals surface area contributed by atoms with Crippen molar-refractivity contribution >= 4 is 5.91 Å². The standard InChI is InChI=1S/C12H17FN2O/c1-8(2)11(14)12(16)15-7-9-5-3-4-6-10(9)13/h3-6,8,11H,7,14H2,1-2H3,(H,15,16)/t11-/m0/s1. The van der Waals surface area contributed by atoms with Gasteiger partial charge in [0.05, 0.1) is 6.04 Å². The maximum absolute atomic E-state index is 13.2. The van der Waals surface area contributed by atoms with E-state index in [1.165, 1.54) is 6.07 Å². The summed E-state index contributed by atoms with van der Waals surface area (Å²) in [5.41, 5.74) is 6.12. The molecule has 0 bridgehead atoms. The predicted molar refractivity (Wildman–Crippen MR) is 61.1 cm³/mol. The maximum Gasteiger partial charge on any atom is 0.237 e. The van der Waals surface area contributed by atoms with Crippen molar-refractivity contribution in [3.8, 4) is 0 Å². The van der Waals surface area contributed by atoms with Gasteiger partial charge in [0, 0.05) is 12.1 Å². The lowest BCUT2D eigenvalue weighted by atomic mass is 10.0. The van der Waals surface area contributed by atoms with Crippen molar-refractivity contribution in [2.24, 2.45) is 11.7 Å². The average Bonchev–Trinajstić information content (AvgIpc) is 2.26. The number of amides is 1. The van der Waals surface area contributed by atoms with E-state index in [4.69, 9.17) is 5.73 Å². The molecular weight excluding hydrogens is 207 g/mol. The van der Waals surface area contributed by atoms with E-state index in [0.717, 1.165) is 0 Å². The van der Waals surface area contributed by atoms with Crippen LogP contribution < -0.4 is 11.1 Å². The molecule has 0 saturated heterocycles. The highest BCUT2D eigenvalue weighted by Crippen LogP contribution is 2.06. The molecule has 16 heavy (non-hydrogen) atoms. The third kappa shape index (κ3) is 3.31. The van der Waals surface area contributed by atoms with Crippen molar-refractivity contribution in [1.82, 2.24) is 5.32 Å². The van der Waals surface area contributed by atoms with E-state index < -0.39 is 6.04 Å². The van der Waals surface area contributed by atoms with Crippen molar-refractivity contribution in [3.63, 3.8) is 0 Å². The number of halogens is 1. The van der Waals surface area contributed by atoms with Gasteiger partial charge in [-0.05, 0) is 12.0 Å². The Labute approximate surface area is 94.8 Å². The molecule has 1 aromatic carbocycles. The van der Waals surface area contributed by atoms with Gasteiger partial charge < -0.3 is 11.1 Å². The molecule has 0 aromatic heterocycles. The monoisotopic (exact) mass is 224 g/mol. The van der Waals surface area contributed by atoms with E-state index in [0.29, 0.717) is 5.56 Å². The maximum atomic E-state index is 13.2. The molecule has 0 heterocycles. The molecule has 1 amide bonds. The van der Waals surface area contributed by atoms with Gasteiger partial charge in [-0.15, -0.1) is 0 Å². The number of rotatable bonds is 4. The molecular formula is C12H17FN2O. The molecule has 0 saturated carbocycles. The Hall–Kier alpha value is -1.42. The largest absolute Gasteiger partial charge is 0.351 e. The second kappa shape index (κ2) is 5.61. The SMILES string of the molecule is CC(C)[C@H](N)C(=O)NCc1ccccc1F. The minimum atomic E-state index is -0.549. The van der Waals surface area contributed by atoms with E-state index in [2.05, 4.69) is 5.32 Å². The van der Waals surface area contributed by atoms with Crippen molar-refractivity contribution < 1.29 is 9.18 Å². The first kappa shape index (κ1) is 12.6. The third-order valence-electron chi connectivity index (χ3n) is 2.43. The normalized spacial score (nSPS) is 12.6. The average molecular weight is 224 g/mol. The van der Waals surface area contributed by atoms with Crippen LogP contribution in [-0.2, 0) is 11.3 Å². The van der Waals surface area contributed by atoms with Crippen LogP contribution in [0.5, 0.6) is 0 Å². The van der Waals surface area contributed by atoms with Crippen LogP contribution in [0, 0.1) is 11.7 Å². The van der Waals surface area contributed by atoms with Gasteiger partial charge in [-0.25, -0.2) is 4.39 Å². The number of benzene rings is 1. The lowest BCUT2D eigenvalue weighted by Gasteiger charge is -2.15. The van der Waals surface area contributed by atoms with Crippen LogP contribution in [-0.4, -0.2) is 11.9 Å². The van der Waals surface area contributed by atoms with E-state index in [1.54, 1.807) is 18.2 Å². The molecule has 88 valence electrons. The van der Waals surface area contributed by atoms with Gasteiger partial charge in [-0.1, -0.05) is 32.0 Å². The number of nitrogens with one attached hydrogen (secondary N) is 1. The Morgan fingerprint density at radius 2 is 2.06 bits per heavy atom. The quantitative estimate of drug-likeness (QED) is 0.812. The fraction of sp³-hybridized carbons (Fsp3) is 0.417.